The Kier molecular flexibility index (Phi) is 4.76. The molecule has 3 aromatic carbocycles. The van der Waals surface area contributed by atoms with Crippen LogP contribution in [-0.2, 0) is 0 Å². The van der Waals surface area contributed by atoms with E-state index in [1.54, 1.807) is 36.2 Å². The number of anilines is 1. The first kappa shape index (κ1) is 18.7. The molecule has 2 heterocycles. The van der Waals surface area contributed by atoms with E-state index < -0.39 is 0 Å². The van der Waals surface area contributed by atoms with Crippen LogP contribution in [0.2, 0.25) is 0 Å². The van der Waals surface area contributed by atoms with E-state index in [0.29, 0.717) is 28.4 Å². The summed E-state index contributed by atoms with van der Waals surface area (Å²) in [5.74, 6) is 1.73. The number of hydrogen-bond donors (Lipinski definition) is 1. The van der Waals surface area contributed by atoms with Gasteiger partial charge in [-0.2, -0.15) is 5.10 Å². The summed E-state index contributed by atoms with van der Waals surface area (Å²) < 4.78 is 17.7. The Labute approximate surface area is 178 Å². The molecule has 1 aromatic heterocycles. The van der Waals surface area contributed by atoms with Gasteiger partial charge in [-0.15, -0.1) is 0 Å². The number of amides is 1. The Morgan fingerprint density at radius 2 is 1.77 bits per heavy atom. The first-order chi connectivity index (χ1) is 15.2. The van der Waals surface area contributed by atoms with Crippen molar-refractivity contribution in [2.45, 2.75) is 0 Å². The summed E-state index contributed by atoms with van der Waals surface area (Å²) in [6.45, 7) is 0.179. The van der Waals surface area contributed by atoms with Crippen LogP contribution in [0.4, 0.5) is 5.69 Å². The van der Waals surface area contributed by atoms with Crippen molar-refractivity contribution in [3.05, 3.63) is 84.6 Å². The van der Waals surface area contributed by atoms with Crippen LogP contribution in [-0.4, -0.2) is 29.6 Å². The third-order valence-corrected chi connectivity index (χ3v) is 4.97. The molecule has 0 radical (unpaired) electrons. The fourth-order valence-corrected chi connectivity index (χ4v) is 3.39. The number of carbonyl (C=O) groups is 1. The predicted molar refractivity (Wildman–Crippen MR) is 116 cm³/mol. The monoisotopic (exact) mass is 413 g/mol. The van der Waals surface area contributed by atoms with Crippen LogP contribution in [0.25, 0.3) is 16.9 Å². The van der Waals surface area contributed by atoms with Crippen LogP contribution in [0.15, 0.2) is 79.0 Å². The molecule has 154 valence electrons. The second-order valence-corrected chi connectivity index (χ2v) is 6.92. The lowest BCUT2D eigenvalue weighted by molar-refractivity contribution is 0.102. The molecule has 4 aromatic rings. The minimum atomic E-state index is -0.271. The standard InChI is InChI=1S/C24H19N3O4/c1-29-19-10-7-16(8-11-19)23-20(14-27(26-23)18-5-3-2-4-6-18)24(28)25-17-9-12-21-22(13-17)31-15-30-21/h2-14H,15H2,1H3,(H,25,28). The van der Waals surface area contributed by atoms with Gasteiger partial charge in [0.25, 0.3) is 5.91 Å². The van der Waals surface area contributed by atoms with E-state index in [1.807, 2.05) is 54.6 Å². The number of aromatic nitrogens is 2. The van der Waals surface area contributed by atoms with E-state index in [-0.39, 0.29) is 12.7 Å². The van der Waals surface area contributed by atoms with Crippen molar-refractivity contribution in [2.24, 2.45) is 0 Å². The maximum absolute atomic E-state index is 13.2. The molecular weight excluding hydrogens is 394 g/mol. The topological polar surface area (TPSA) is 74.6 Å². The Hall–Kier alpha value is -4.26. The van der Waals surface area contributed by atoms with Gasteiger partial charge in [-0.05, 0) is 48.5 Å². The third-order valence-electron chi connectivity index (χ3n) is 4.97. The molecule has 1 aliphatic rings. The maximum atomic E-state index is 13.2. The first-order valence-corrected chi connectivity index (χ1v) is 9.72. The number of para-hydroxylation sites is 1. The Morgan fingerprint density at radius 1 is 1.00 bits per heavy atom. The first-order valence-electron chi connectivity index (χ1n) is 9.72. The van der Waals surface area contributed by atoms with E-state index in [2.05, 4.69) is 5.32 Å². The lowest BCUT2D eigenvalue weighted by Crippen LogP contribution is -2.12. The molecule has 1 aliphatic heterocycles. The molecular formula is C24H19N3O4. The summed E-state index contributed by atoms with van der Waals surface area (Å²) in [5.41, 5.74) is 3.31. The Bertz CT molecular complexity index is 1230. The number of benzene rings is 3. The smallest absolute Gasteiger partial charge is 0.259 e. The zero-order chi connectivity index (χ0) is 21.2. The van der Waals surface area contributed by atoms with Crippen molar-refractivity contribution in [2.75, 3.05) is 19.2 Å². The molecule has 1 amide bonds. The number of nitrogens with zero attached hydrogens (tertiary/aromatic N) is 2. The normalized spacial score (nSPS) is 11.9. The fraction of sp³-hybridized carbons (Fsp3) is 0.0833. The van der Waals surface area contributed by atoms with E-state index in [4.69, 9.17) is 19.3 Å². The Balaban J connectivity index is 1.52. The van der Waals surface area contributed by atoms with Crippen molar-refractivity contribution in [3.8, 4) is 34.2 Å². The lowest BCUT2D eigenvalue weighted by atomic mass is 10.1. The molecule has 0 bridgehead atoms. The molecule has 7 nitrogen and oxygen atoms in total. The SMILES string of the molecule is COc1ccc(-c2nn(-c3ccccc3)cc2C(=O)Nc2ccc3c(c2)OCO3)cc1. The summed E-state index contributed by atoms with van der Waals surface area (Å²) in [6.07, 6.45) is 1.73. The predicted octanol–water partition coefficient (Wildman–Crippen LogP) is 4.53. The van der Waals surface area contributed by atoms with Crippen molar-refractivity contribution >= 4 is 11.6 Å². The van der Waals surface area contributed by atoms with Gasteiger partial charge in [0.1, 0.15) is 11.4 Å². The Morgan fingerprint density at radius 3 is 2.55 bits per heavy atom. The van der Waals surface area contributed by atoms with Crippen molar-refractivity contribution in [3.63, 3.8) is 0 Å². The highest BCUT2D eigenvalue weighted by molar-refractivity contribution is 6.08. The van der Waals surface area contributed by atoms with Crippen LogP contribution in [0.1, 0.15) is 10.4 Å². The summed E-state index contributed by atoms with van der Waals surface area (Å²) in [4.78, 5) is 13.2. The van der Waals surface area contributed by atoms with E-state index in [0.717, 1.165) is 17.0 Å². The van der Waals surface area contributed by atoms with Crippen LogP contribution >= 0.6 is 0 Å². The molecule has 31 heavy (non-hydrogen) atoms. The van der Waals surface area contributed by atoms with Gasteiger partial charge < -0.3 is 19.5 Å². The highest BCUT2D eigenvalue weighted by Crippen LogP contribution is 2.34. The lowest BCUT2D eigenvalue weighted by Gasteiger charge is -2.07. The molecule has 7 heteroatoms. The van der Waals surface area contributed by atoms with Crippen molar-refractivity contribution in [1.29, 1.82) is 0 Å². The van der Waals surface area contributed by atoms with Gasteiger partial charge in [0.05, 0.1) is 18.4 Å². The number of hydrogen-bond acceptors (Lipinski definition) is 5. The van der Waals surface area contributed by atoms with Gasteiger partial charge in [-0.25, -0.2) is 4.68 Å². The minimum Gasteiger partial charge on any atom is -0.497 e. The van der Waals surface area contributed by atoms with Gasteiger partial charge in [-0.3, -0.25) is 4.79 Å². The van der Waals surface area contributed by atoms with Gasteiger partial charge in [-0.1, -0.05) is 18.2 Å². The fourth-order valence-electron chi connectivity index (χ4n) is 3.39. The highest BCUT2D eigenvalue weighted by atomic mass is 16.7. The average molecular weight is 413 g/mol. The molecule has 0 saturated carbocycles. The van der Waals surface area contributed by atoms with Crippen LogP contribution in [0, 0.1) is 0 Å². The maximum Gasteiger partial charge on any atom is 0.259 e. The van der Waals surface area contributed by atoms with E-state index in [1.165, 1.54) is 0 Å². The van der Waals surface area contributed by atoms with Gasteiger partial charge in [0.15, 0.2) is 11.5 Å². The molecule has 0 atom stereocenters. The number of nitrogens with one attached hydrogen (secondary N) is 1. The summed E-state index contributed by atoms with van der Waals surface area (Å²) in [7, 11) is 1.61. The minimum absolute atomic E-state index is 0.179. The van der Waals surface area contributed by atoms with E-state index >= 15 is 0 Å². The largest absolute Gasteiger partial charge is 0.497 e. The van der Waals surface area contributed by atoms with Crippen molar-refractivity contribution in [1.82, 2.24) is 9.78 Å². The van der Waals surface area contributed by atoms with Gasteiger partial charge in [0, 0.05) is 23.5 Å². The van der Waals surface area contributed by atoms with Crippen LogP contribution in [0.3, 0.4) is 0 Å². The molecule has 1 N–H and O–H groups in total. The second-order valence-electron chi connectivity index (χ2n) is 6.92. The average Bonchev–Trinajstić information content (AvgIpc) is 3.47. The number of methoxy groups -OCH3 is 1. The number of fused-ring (bicyclic) bond motifs is 1. The molecule has 5 rings (SSSR count). The zero-order valence-electron chi connectivity index (χ0n) is 16.7. The number of ether oxygens (including phenoxy) is 3. The summed E-state index contributed by atoms with van der Waals surface area (Å²) >= 11 is 0. The highest BCUT2D eigenvalue weighted by Gasteiger charge is 2.20. The summed E-state index contributed by atoms with van der Waals surface area (Å²) in [5, 5.41) is 7.63. The molecule has 0 unspecified atom stereocenters. The van der Waals surface area contributed by atoms with Gasteiger partial charge >= 0.3 is 0 Å². The third kappa shape index (κ3) is 3.69. The molecule has 0 fully saturated rings. The molecule has 0 aliphatic carbocycles. The van der Waals surface area contributed by atoms with Crippen molar-refractivity contribution < 1.29 is 19.0 Å². The van der Waals surface area contributed by atoms with Crippen LogP contribution < -0.4 is 19.5 Å². The number of rotatable bonds is 5. The number of carbonyl (C=O) groups excluding carboxylic acids is 1. The second kappa shape index (κ2) is 7.87. The zero-order valence-corrected chi connectivity index (χ0v) is 16.7. The molecule has 0 saturated heterocycles. The van der Waals surface area contributed by atoms with Gasteiger partial charge in [0.2, 0.25) is 6.79 Å². The summed E-state index contributed by atoms with van der Waals surface area (Å²) in [6, 6.07) is 22.4. The quantitative estimate of drug-likeness (QED) is 0.520. The van der Waals surface area contributed by atoms with E-state index in [9.17, 15) is 4.79 Å². The molecule has 0 spiro atoms. The van der Waals surface area contributed by atoms with Crippen LogP contribution in [0.5, 0.6) is 17.2 Å².